The summed E-state index contributed by atoms with van der Waals surface area (Å²) in [5.74, 6) is 0.611. The molecular formula is C11H24N4. The molecule has 0 aromatic carbocycles. The second-order valence-electron chi connectivity index (χ2n) is 4.14. The lowest BCUT2D eigenvalue weighted by atomic mass is 10.1. The first-order chi connectivity index (χ1) is 7.26. The molecule has 0 aromatic rings. The Balaban J connectivity index is 2.31. The number of rotatable bonds is 4. The van der Waals surface area contributed by atoms with Crippen LogP contribution >= 0.6 is 0 Å². The Kier molecular flexibility index (Phi) is 5.47. The third-order valence-electron chi connectivity index (χ3n) is 2.81. The number of nitrogens with two attached hydrogens (primary N) is 1. The summed E-state index contributed by atoms with van der Waals surface area (Å²) in [6.07, 6.45) is 3.51. The quantitative estimate of drug-likeness (QED) is 0.535. The topological polar surface area (TPSA) is 53.6 Å². The van der Waals surface area contributed by atoms with E-state index in [2.05, 4.69) is 29.1 Å². The monoisotopic (exact) mass is 212 g/mol. The number of nitrogens with zero attached hydrogens (tertiary/aromatic N) is 2. The van der Waals surface area contributed by atoms with Crippen molar-refractivity contribution >= 4 is 5.96 Å². The maximum absolute atomic E-state index is 5.80. The molecule has 4 heteroatoms. The Bertz CT molecular complexity index is 203. The highest BCUT2D eigenvalue weighted by atomic mass is 15.2. The molecule has 1 saturated heterocycles. The zero-order valence-corrected chi connectivity index (χ0v) is 10.00. The van der Waals surface area contributed by atoms with Crippen molar-refractivity contribution in [1.82, 2.24) is 10.2 Å². The van der Waals surface area contributed by atoms with Crippen LogP contribution in [-0.2, 0) is 0 Å². The highest BCUT2D eigenvalue weighted by Crippen LogP contribution is 2.08. The number of guanidine groups is 1. The third kappa shape index (κ3) is 4.51. The Morgan fingerprint density at radius 2 is 2.33 bits per heavy atom. The number of aliphatic imine (C=N–C) groups is 1. The van der Waals surface area contributed by atoms with E-state index in [0.717, 1.165) is 26.1 Å². The molecule has 4 nitrogen and oxygen atoms in total. The predicted molar refractivity (Wildman–Crippen MR) is 65.1 cm³/mol. The minimum atomic E-state index is 0.485. The number of piperidine rings is 1. The summed E-state index contributed by atoms with van der Waals surface area (Å²) in [5.41, 5.74) is 5.80. The lowest BCUT2D eigenvalue weighted by Gasteiger charge is -2.32. The van der Waals surface area contributed by atoms with Crippen molar-refractivity contribution in [3.8, 4) is 0 Å². The van der Waals surface area contributed by atoms with Crippen molar-refractivity contribution in [2.45, 2.75) is 39.2 Å². The summed E-state index contributed by atoms with van der Waals surface area (Å²) in [4.78, 5) is 6.71. The first kappa shape index (κ1) is 12.3. The summed E-state index contributed by atoms with van der Waals surface area (Å²) < 4.78 is 0. The molecule has 1 atom stereocenters. The van der Waals surface area contributed by atoms with Crippen molar-refractivity contribution < 1.29 is 0 Å². The number of hydrogen-bond acceptors (Lipinski definition) is 2. The molecular weight excluding hydrogens is 188 g/mol. The van der Waals surface area contributed by atoms with E-state index in [0.29, 0.717) is 12.0 Å². The van der Waals surface area contributed by atoms with Crippen LogP contribution < -0.4 is 11.1 Å². The molecule has 0 aliphatic carbocycles. The fraction of sp³-hybridized carbons (Fsp3) is 0.909. The van der Waals surface area contributed by atoms with Crippen LogP contribution in [0.25, 0.3) is 0 Å². The fourth-order valence-corrected chi connectivity index (χ4v) is 1.95. The molecule has 1 aliphatic rings. The Hall–Kier alpha value is -0.770. The summed E-state index contributed by atoms with van der Waals surface area (Å²) in [6.45, 7) is 8.58. The molecule has 1 unspecified atom stereocenters. The van der Waals surface area contributed by atoms with Crippen LogP contribution in [0.1, 0.15) is 33.1 Å². The van der Waals surface area contributed by atoms with E-state index in [1.807, 2.05) is 0 Å². The average molecular weight is 212 g/mol. The first-order valence-electron chi connectivity index (χ1n) is 6.05. The normalized spacial score (nSPS) is 24.1. The van der Waals surface area contributed by atoms with E-state index in [-0.39, 0.29) is 0 Å². The standard InChI is InChI=1S/C11H24N4/c1-3-7-13-11(12)14-10-6-5-8-15(4-2)9-10/h10H,3-9H2,1-2H3,(H3,12,13,14). The average Bonchev–Trinajstić information content (AvgIpc) is 2.26. The number of nitrogens with one attached hydrogen (secondary N) is 1. The molecule has 1 heterocycles. The van der Waals surface area contributed by atoms with Crippen LogP contribution in [0.2, 0.25) is 0 Å². The second-order valence-corrected chi connectivity index (χ2v) is 4.14. The van der Waals surface area contributed by atoms with Crippen LogP contribution in [0.3, 0.4) is 0 Å². The second kappa shape index (κ2) is 6.67. The molecule has 1 fully saturated rings. The minimum Gasteiger partial charge on any atom is -0.370 e. The van der Waals surface area contributed by atoms with Gasteiger partial charge in [-0.3, -0.25) is 4.99 Å². The van der Waals surface area contributed by atoms with Crippen LogP contribution in [-0.4, -0.2) is 43.1 Å². The summed E-state index contributed by atoms with van der Waals surface area (Å²) >= 11 is 0. The van der Waals surface area contributed by atoms with Gasteiger partial charge in [-0.05, 0) is 32.4 Å². The van der Waals surface area contributed by atoms with Gasteiger partial charge < -0.3 is 16.0 Å². The minimum absolute atomic E-state index is 0.485. The van der Waals surface area contributed by atoms with E-state index in [1.165, 1.54) is 19.4 Å². The fourth-order valence-electron chi connectivity index (χ4n) is 1.95. The molecule has 0 saturated carbocycles. The summed E-state index contributed by atoms with van der Waals surface area (Å²) in [7, 11) is 0. The van der Waals surface area contributed by atoms with Gasteiger partial charge >= 0.3 is 0 Å². The van der Waals surface area contributed by atoms with Gasteiger partial charge in [0.25, 0.3) is 0 Å². The lowest BCUT2D eigenvalue weighted by Crippen LogP contribution is -2.49. The van der Waals surface area contributed by atoms with Gasteiger partial charge in [0.1, 0.15) is 0 Å². The van der Waals surface area contributed by atoms with Gasteiger partial charge in [0.15, 0.2) is 5.96 Å². The largest absolute Gasteiger partial charge is 0.370 e. The van der Waals surface area contributed by atoms with Crippen molar-refractivity contribution in [2.24, 2.45) is 10.7 Å². The molecule has 0 radical (unpaired) electrons. The lowest BCUT2D eigenvalue weighted by molar-refractivity contribution is 0.210. The van der Waals surface area contributed by atoms with Gasteiger partial charge in [-0.1, -0.05) is 13.8 Å². The van der Waals surface area contributed by atoms with Crippen molar-refractivity contribution in [3.63, 3.8) is 0 Å². The molecule has 1 aliphatic heterocycles. The molecule has 0 amide bonds. The predicted octanol–water partition coefficient (Wildman–Crippen LogP) is 0.785. The van der Waals surface area contributed by atoms with Gasteiger partial charge in [0.05, 0.1) is 0 Å². The van der Waals surface area contributed by atoms with Crippen LogP contribution in [0.4, 0.5) is 0 Å². The van der Waals surface area contributed by atoms with Crippen LogP contribution in [0, 0.1) is 0 Å². The Labute approximate surface area is 92.9 Å². The maximum Gasteiger partial charge on any atom is 0.188 e. The zero-order chi connectivity index (χ0) is 11.1. The van der Waals surface area contributed by atoms with E-state index in [9.17, 15) is 0 Å². The van der Waals surface area contributed by atoms with Gasteiger partial charge in [0.2, 0.25) is 0 Å². The Morgan fingerprint density at radius 3 is 3.00 bits per heavy atom. The molecule has 15 heavy (non-hydrogen) atoms. The van der Waals surface area contributed by atoms with Crippen molar-refractivity contribution in [1.29, 1.82) is 0 Å². The van der Waals surface area contributed by atoms with Crippen molar-refractivity contribution in [2.75, 3.05) is 26.2 Å². The zero-order valence-electron chi connectivity index (χ0n) is 10.00. The number of likely N-dealkylation sites (tertiary alicyclic amines) is 1. The molecule has 0 bridgehead atoms. The molecule has 0 aromatic heterocycles. The molecule has 88 valence electrons. The number of hydrogen-bond donors (Lipinski definition) is 2. The van der Waals surface area contributed by atoms with E-state index in [4.69, 9.17) is 5.73 Å². The van der Waals surface area contributed by atoms with E-state index < -0.39 is 0 Å². The molecule has 3 N–H and O–H groups in total. The van der Waals surface area contributed by atoms with Gasteiger partial charge in [0, 0.05) is 19.1 Å². The summed E-state index contributed by atoms with van der Waals surface area (Å²) in [6, 6.07) is 0.485. The van der Waals surface area contributed by atoms with E-state index in [1.54, 1.807) is 0 Å². The van der Waals surface area contributed by atoms with Gasteiger partial charge in [-0.25, -0.2) is 0 Å². The maximum atomic E-state index is 5.80. The molecule has 0 spiro atoms. The smallest absolute Gasteiger partial charge is 0.188 e. The molecule has 1 rings (SSSR count). The Morgan fingerprint density at radius 1 is 1.53 bits per heavy atom. The van der Waals surface area contributed by atoms with Gasteiger partial charge in [-0.2, -0.15) is 0 Å². The van der Waals surface area contributed by atoms with Crippen LogP contribution in [0.5, 0.6) is 0 Å². The highest BCUT2D eigenvalue weighted by molar-refractivity contribution is 5.78. The highest BCUT2D eigenvalue weighted by Gasteiger charge is 2.18. The first-order valence-corrected chi connectivity index (χ1v) is 6.05. The van der Waals surface area contributed by atoms with Crippen molar-refractivity contribution in [3.05, 3.63) is 0 Å². The van der Waals surface area contributed by atoms with Crippen LogP contribution in [0.15, 0.2) is 4.99 Å². The SMILES string of the molecule is CCCN=C(N)NC1CCCN(CC)C1. The van der Waals surface area contributed by atoms with E-state index >= 15 is 0 Å². The number of likely N-dealkylation sites (N-methyl/N-ethyl adjacent to an activating group) is 1. The summed E-state index contributed by atoms with van der Waals surface area (Å²) in [5, 5.41) is 3.30. The van der Waals surface area contributed by atoms with Gasteiger partial charge in [-0.15, -0.1) is 0 Å². The third-order valence-corrected chi connectivity index (χ3v) is 2.81.